The van der Waals surface area contributed by atoms with Crippen LogP contribution in [-0.2, 0) is 19.7 Å². The smallest absolute Gasteiger partial charge is 0.469 e. The highest BCUT2D eigenvalue weighted by molar-refractivity contribution is 7.88. The summed E-state index contributed by atoms with van der Waals surface area (Å²) in [6.07, 6.45) is 1.99. The van der Waals surface area contributed by atoms with Gasteiger partial charge in [0.1, 0.15) is 11.5 Å². The zero-order valence-corrected chi connectivity index (χ0v) is 18.5. The molecule has 0 aliphatic rings. The molecule has 0 radical (unpaired) electrons. The molecule has 2 rings (SSSR count). The highest BCUT2D eigenvalue weighted by Crippen LogP contribution is 2.28. The second kappa shape index (κ2) is 11.6. The van der Waals surface area contributed by atoms with Gasteiger partial charge < -0.3 is 19.7 Å². The summed E-state index contributed by atoms with van der Waals surface area (Å²) in [5.74, 6) is -0.915. The Labute approximate surface area is 184 Å². The lowest BCUT2D eigenvalue weighted by Crippen LogP contribution is -2.31. The van der Waals surface area contributed by atoms with E-state index in [9.17, 15) is 31.2 Å². The molecule has 1 heterocycles. The average Bonchev–Trinajstić information content (AvgIpc) is 3.26. The van der Waals surface area contributed by atoms with Gasteiger partial charge in [-0.05, 0) is 36.8 Å². The fraction of sp³-hybridized carbons (Fsp3) is 0.400. The van der Waals surface area contributed by atoms with Crippen LogP contribution in [0.4, 0.5) is 13.2 Å². The number of furan rings is 1. The van der Waals surface area contributed by atoms with Crippen molar-refractivity contribution in [2.24, 2.45) is 5.73 Å². The molecule has 1 aromatic heterocycles. The van der Waals surface area contributed by atoms with Crippen LogP contribution in [0.1, 0.15) is 50.4 Å². The van der Waals surface area contributed by atoms with Crippen LogP contribution < -0.4 is 15.2 Å². The lowest BCUT2D eigenvalue weighted by molar-refractivity contribution is -0.122. The summed E-state index contributed by atoms with van der Waals surface area (Å²) in [5, 5.41) is 2.77. The zero-order chi connectivity index (χ0) is 24.5. The molecule has 2 atom stereocenters. The molecule has 3 N–H and O–H groups in total. The molecule has 0 aliphatic heterocycles. The van der Waals surface area contributed by atoms with Crippen LogP contribution in [0.15, 0.2) is 47.1 Å². The molecule has 12 heteroatoms. The van der Waals surface area contributed by atoms with Gasteiger partial charge >= 0.3 is 15.6 Å². The van der Waals surface area contributed by atoms with Crippen molar-refractivity contribution in [2.75, 3.05) is 6.54 Å². The van der Waals surface area contributed by atoms with E-state index >= 15 is 0 Å². The maximum atomic E-state index is 12.3. The van der Waals surface area contributed by atoms with Crippen LogP contribution in [0.25, 0.3) is 0 Å². The molecular formula is C20H25F3N2O6S. The van der Waals surface area contributed by atoms with Crippen molar-refractivity contribution in [3.63, 3.8) is 0 Å². The predicted octanol–water partition coefficient (Wildman–Crippen LogP) is 3.41. The van der Waals surface area contributed by atoms with Gasteiger partial charge in [-0.25, -0.2) is 0 Å². The van der Waals surface area contributed by atoms with E-state index in [1.54, 1.807) is 32.2 Å². The predicted molar refractivity (Wildman–Crippen MR) is 110 cm³/mol. The fourth-order valence-electron chi connectivity index (χ4n) is 2.22. The molecular weight excluding hydrogens is 453 g/mol. The number of nitrogens with two attached hydrogens (primary N) is 1. The van der Waals surface area contributed by atoms with Gasteiger partial charge in [-0.2, -0.15) is 21.6 Å². The van der Waals surface area contributed by atoms with Crippen molar-refractivity contribution in [3.8, 4) is 5.75 Å². The van der Waals surface area contributed by atoms with Crippen LogP contribution in [0.5, 0.6) is 5.75 Å². The first-order valence-corrected chi connectivity index (χ1v) is 10.9. The Morgan fingerprint density at radius 1 is 1.16 bits per heavy atom. The molecule has 178 valence electrons. The third kappa shape index (κ3) is 8.25. The van der Waals surface area contributed by atoms with Gasteiger partial charge in [0, 0.05) is 18.9 Å². The summed E-state index contributed by atoms with van der Waals surface area (Å²) in [6, 6.07) is 8.34. The highest BCUT2D eigenvalue weighted by Gasteiger charge is 2.48. The summed E-state index contributed by atoms with van der Waals surface area (Å²) in [7, 11) is -5.73. The number of hydrogen-bond acceptors (Lipinski definition) is 6. The van der Waals surface area contributed by atoms with Gasteiger partial charge in [0.25, 0.3) is 0 Å². The molecule has 1 aromatic carbocycles. The molecule has 0 bridgehead atoms. The molecule has 0 fully saturated rings. The van der Waals surface area contributed by atoms with Crippen molar-refractivity contribution in [2.45, 2.75) is 44.5 Å². The Morgan fingerprint density at radius 3 is 2.16 bits per heavy atom. The molecule has 2 aromatic rings. The third-order valence-corrected chi connectivity index (χ3v) is 5.20. The lowest BCUT2D eigenvalue weighted by atomic mass is 10.00. The minimum absolute atomic E-state index is 0.0282. The number of amides is 2. The Kier molecular flexibility index (Phi) is 9.76. The number of primary amides is 1. The van der Waals surface area contributed by atoms with E-state index < -0.39 is 27.3 Å². The second-order valence-electron chi connectivity index (χ2n) is 6.76. The number of hydrogen-bond donors (Lipinski definition) is 2. The maximum Gasteiger partial charge on any atom is 0.534 e. The Bertz CT molecular complexity index is 974. The minimum atomic E-state index is -5.73. The van der Waals surface area contributed by atoms with E-state index in [0.717, 1.165) is 17.9 Å². The second-order valence-corrected chi connectivity index (χ2v) is 8.29. The zero-order valence-electron chi connectivity index (χ0n) is 17.7. The van der Waals surface area contributed by atoms with Crippen molar-refractivity contribution >= 4 is 21.9 Å². The van der Waals surface area contributed by atoms with Gasteiger partial charge in [-0.15, -0.1) is 0 Å². The van der Waals surface area contributed by atoms with Gasteiger partial charge in [0.15, 0.2) is 0 Å². The molecule has 2 amide bonds. The fourth-order valence-corrected chi connectivity index (χ4v) is 2.68. The number of alkyl halides is 3. The Hall–Kier alpha value is -3.02. The Morgan fingerprint density at radius 2 is 1.72 bits per heavy atom. The van der Waals surface area contributed by atoms with E-state index in [2.05, 4.69) is 15.2 Å². The number of nitrogens with one attached hydrogen (secondary N) is 1. The van der Waals surface area contributed by atoms with E-state index in [1.807, 2.05) is 6.92 Å². The highest BCUT2D eigenvalue weighted by atomic mass is 32.2. The summed E-state index contributed by atoms with van der Waals surface area (Å²) in [5.41, 5.74) is -0.362. The number of benzene rings is 1. The molecule has 0 spiro atoms. The van der Waals surface area contributed by atoms with Crippen LogP contribution in [0, 0.1) is 0 Å². The van der Waals surface area contributed by atoms with Crippen molar-refractivity contribution in [1.29, 1.82) is 0 Å². The van der Waals surface area contributed by atoms with Crippen molar-refractivity contribution in [3.05, 3.63) is 54.0 Å². The Balaban J connectivity index is 0.000000920. The molecule has 32 heavy (non-hydrogen) atoms. The van der Waals surface area contributed by atoms with Crippen LogP contribution in [-0.4, -0.2) is 32.3 Å². The number of halogens is 3. The first-order chi connectivity index (χ1) is 14.8. The summed E-state index contributed by atoms with van der Waals surface area (Å²) in [6.45, 7) is 5.58. The summed E-state index contributed by atoms with van der Waals surface area (Å²) >= 11 is 0. The van der Waals surface area contributed by atoms with Crippen LogP contribution in [0.2, 0.25) is 0 Å². The lowest BCUT2D eigenvalue weighted by Gasteiger charge is -2.15. The number of carbonyl (C=O) groups is 2. The first-order valence-electron chi connectivity index (χ1n) is 9.48. The molecule has 0 saturated carbocycles. The van der Waals surface area contributed by atoms with E-state index in [4.69, 9.17) is 4.42 Å². The molecule has 0 aliphatic carbocycles. The summed E-state index contributed by atoms with van der Waals surface area (Å²) < 4.78 is 68.2. The number of rotatable bonds is 8. The van der Waals surface area contributed by atoms with Crippen molar-refractivity contribution < 1.29 is 39.8 Å². The van der Waals surface area contributed by atoms with E-state index in [-0.39, 0.29) is 17.7 Å². The quantitative estimate of drug-likeness (QED) is 0.442. The van der Waals surface area contributed by atoms with Gasteiger partial charge in [0.05, 0.1) is 12.2 Å². The van der Waals surface area contributed by atoms with E-state index in [1.165, 1.54) is 12.1 Å². The average molecular weight is 478 g/mol. The maximum absolute atomic E-state index is 12.3. The standard InChI is InChI=1S/C17H18F3NO5S.C3H7NO/c1-11(15-4-3-9-25-15)10-21-16(22)12(2)13-5-7-14(8-6-13)26-27(23,24)17(18,19)20;1-2-3(4)5/h3-9,11-12H,10H2,1-2H3,(H,21,22);2H2,1H3,(H2,4,5). The van der Waals surface area contributed by atoms with E-state index in [0.29, 0.717) is 18.5 Å². The minimum Gasteiger partial charge on any atom is -0.469 e. The van der Waals surface area contributed by atoms with Gasteiger partial charge in [-0.1, -0.05) is 26.0 Å². The van der Waals surface area contributed by atoms with Gasteiger partial charge in [0.2, 0.25) is 11.8 Å². The monoisotopic (exact) mass is 478 g/mol. The topological polar surface area (TPSA) is 129 Å². The third-order valence-electron chi connectivity index (χ3n) is 4.22. The van der Waals surface area contributed by atoms with Crippen LogP contribution >= 0.6 is 0 Å². The molecule has 2 unspecified atom stereocenters. The number of carbonyl (C=O) groups excluding carboxylic acids is 2. The van der Waals surface area contributed by atoms with Crippen molar-refractivity contribution in [1.82, 2.24) is 5.32 Å². The van der Waals surface area contributed by atoms with Gasteiger partial charge in [-0.3, -0.25) is 9.59 Å². The molecule has 0 saturated heterocycles. The first kappa shape index (κ1) is 27.0. The molecule has 8 nitrogen and oxygen atoms in total. The SMILES string of the molecule is CC(CNC(=O)C(C)c1ccc(OS(=O)(=O)C(F)(F)F)cc1)c1ccco1.CCC(N)=O. The summed E-state index contributed by atoms with van der Waals surface area (Å²) in [4.78, 5) is 21.8. The largest absolute Gasteiger partial charge is 0.534 e. The van der Waals surface area contributed by atoms with Crippen LogP contribution in [0.3, 0.4) is 0 Å². The normalized spacial score (nSPS) is 13.3.